The van der Waals surface area contributed by atoms with Gasteiger partial charge in [-0.25, -0.2) is 44.6 Å². The summed E-state index contributed by atoms with van der Waals surface area (Å²) in [6, 6.07) is 10.2. The molecule has 0 aromatic carbocycles. The van der Waals surface area contributed by atoms with Gasteiger partial charge in [-0.15, -0.1) is 16.4 Å². The molecular formula is C69H76N34O8S. The molecule has 112 heavy (non-hydrogen) atoms. The van der Waals surface area contributed by atoms with Crippen LogP contribution in [0.4, 0.5) is 0 Å². The van der Waals surface area contributed by atoms with Crippen molar-refractivity contribution in [1.82, 2.24) is 143 Å². The number of oxazole rings is 1. The standard InChI is InChI=1S/C19H22N8OS.C17H19N9O2.C17H18N8O3.C16H17N9O2/c1-5-27-14(6-10(2)25-27)19-24-17(15(29-19)9-21-3)16-11-8-22-26(4)13(11)7-12(23-16)18(20)28;1-4-26-13(5-9(8-27)22-26)16-21-17(25(3)23-16)14-10-7-19-24(2)12(10)6-11(20-14)15(18)28;1-3-25-15(11(26)7-21-25)17-23-14(12(5-18)28-17)13-8-6-20-24(2)10(8)4-9(22-13)16(19)27;1-4-25-12(13(26)7(2)23-25)16-20-15(21-22-16)11-8-6-18-24(3)10(8)5-9(19-11)14(17)27/h6-8,21H,5,9H2,1-4H3,(H2,20,28);5-7,27H,4,8H2,1-3H3,(H2,18,28);4,6-7,26H,3,5,18H2,1-2H3,(H2,19,27);5-6,26H,4H2,1-3H3,(H2,17,27)(H,20,21,22). The van der Waals surface area contributed by atoms with Gasteiger partial charge >= 0.3 is 0 Å². The van der Waals surface area contributed by atoms with Crippen molar-refractivity contribution in [3.63, 3.8) is 0 Å². The molecule has 0 unspecified atom stereocenters. The second-order valence-electron chi connectivity index (χ2n) is 25.2. The minimum atomic E-state index is -0.677. The lowest BCUT2D eigenvalue weighted by molar-refractivity contribution is 0.0987. The van der Waals surface area contributed by atoms with E-state index in [9.17, 15) is 34.5 Å². The van der Waals surface area contributed by atoms with E-state index >= 15 is 0 Å². The summed E-state index contributed by atoms with van der Waals surface area (Å²) in [5.41, 5.74) is 38.2. The Labute approximate surface area is 637 Å². The fraction of sp³-hybridized carbons (Fsp3) is 0.275. The number of nitrogens with two attached hydrogens (primary N) is 5. The van der Waals surface area contributed by atoms with Gasteiger partial charge in [0.05, 0.1) is 83.3 Å². The van der Waals surface area contributed by atoms with Crippen molar-refractivity contribution in [2.45, 2.75) is 87.4 Å². The number of aryl methyl sites for hydroxylation is 11. The number of amides is 4. The molecule has 0 radical (unpaired) electrons. The van der Waals surface area contributed by atoms with Gasteiger partial charge in [-0.2, -0.15) is 45.9 Å². The highest BCUT2D eigenvalue weighted by Gasteiger charge is 2.29. The average molecular weight is 1540 g/mol. The Kier molecular flexibility index (Phi) is 20.9. The number of carbonyl (C=O) groups is 4. The highest BCUT2D eigenvalue weighted by Crippen LogP contribution is 2.40. The first kappa shape index (κ1) is 76.0. The smallest absolute Gasteiger partial charge is 0.267 e. The predicted octanol–water partition coefficient (Wildman–Crippen LogP) is 3.86. The molecule has 16 rings (SSSR count). The van der Waals surface area contributed by atoms with Crippen LogP contribution in [-0.4, -0.2) is 184 Å². The number of carbonyl (C=O) groups excluding carboxylic acids is 4. The zero-order valence-corrected chi connectivity index (χ0v) is 63.4. The van der Waals surface area contributed by atoms with Crippen molar-refractivity contribution in [3.05, 3.63) is 118 Å². The maximum absolute atomic E-state index is 11.9. The van der Waals surface area contributed by atoms with E-state index < -0.39 is 23.6 Å². The van der Waals surface area contributed by atoms with Gasteiger partial charge in [0, 0.05) is 94.4 Å². The van der Waals surface area contributed by atoms with E-state index in [-0.39, 0.29) is 59.1 Å². The molecule has 0 aliphatic heterocycles. The SMILES string of the molecule is CCn1nc(C)c(O)c1-c1nc(-c2nc(C(N)=O)cc3c2cnn3C)n[nH]1.CCn1nc(C)cc1-c1nc(-c2nc(C(N)=O)cc3c2cnn3C)c(CNC)s1.CCn1nc(CO)cc1-c1nc(-c2nc(C(N)=O)cc3c2cnn3C)n(C)n1.CCn1ncc(O)c1-c1nc(-c2nc(C(N)=O)cc3c2cnn3C)c(CN)o1. The zero-order valence-electron chi connectivity index (χ0n) is 62.6. The Morgan fingerprint density at radius 1 is 0.518 bits per heavy atom. The third-order valence-electron chi connectivity index (χ3n) is 17.9. The molecule has 576 valence electrons. The van der Waals surface area contributed by atoms with Crippen LogP contribution >= 0.6 is 11.3 Å². The van der Waals surface area contributed by atoms with Gasteiger partial charge in [0.1, 0.15) is 84.8 Å². The highest BCUT2D eigenvalue weighted by molar-refractivity contribution is 7.15. The number of fused-ring (bicyclic) bond motifs is 4. The molecule has 43 heteroatoms. The number of primary amides is 4. The summed E-state index contributed by atoms with van der Waals surface area (Å²) in [6.07, 6.45) is 7.96. The van der Waals surface area contributed by atoms with Crippen LogP contribution < -0.4 is 34.0 Å². The Bertz CT molecular complexity index is 6320. The van der Waals surface area contributed by atoms with Crippen molar-refractivity contribution in [3.8, 4) is 103 Å². The normalized spacial score (nSPS) is 11.4. The molecule has 15 N–H and O–H groups in total. The molecule has 0 aliphatic carbocycles. The molecule has 0 fully saturated rings. The number of nitrogens with zero attached hydrogens (tertiary/aromatic N) is 27. The van der Waals surface area contributed by atoms with Gasteiger partial charge in [-0.1, -0.05) is 0 Å². The fourth-order valence-electron chi connectivity index (χ4n) is 12.5. The van der Waals surface area contributed by atoms with Crippen LogP contribution in [0.25, 0.3) is 135 Å². The van der Waals surface area contributed by atoms with Crippen LogP contribution in [0.1, 0.15) is 97.4 Å². The number of hydrogen-bond acceptors (Lipinski definition) is 29. The number of H-pyrrole nitrogens is 1. The average Bonchev–Trinajstić information content (AvgIpc) is 1.57. The van der Waals surface area contributed by atoms with Crippen molar-refractivity contribution in [2.75, 3.05) is 7.05 Å². The van der Waals surface area contributed by atoms with Gasteiger partial charge in [0.2, 0.25) is 11.7 Å². The third-order valence-corrected chi connectivity index (χ3v) is 19.0. The van der Waals surface area contributed by atoms with Gasteiger partial charge in [-0.3, -0.25) is 61.7 Å². The fourth-order valence-corrected chi connectivity index (χ4v) is 13.5. The highest BCUT2D eigenvalue weighted by atomic mass is 32.1. The van der Waals surface area contributed by atoms with Crippen molar-refractivity contribution in [2.24, 2.45) is 63.9 Å². The second-order valence-corrected chi connectivity index (χ2v) is 26.2. The number of aromatic amines is 1. The van der Waals surface area contributed by atoms with Crippen LogP contribution in [-0.2, 0) is 81.1 Å². The van der Waals surface area contributed by atoms with Gasteiger partial charge in [-0.05, 0) is 85.0 Å². The summed E-state index contributed by atoms with van der Waals surface area (Å²) >= 11 is 1.59. The summed E-state index contributed by atoms with van der Waals surface area (Å²) in [6.45, 7) is 14.4. The minimum absolute atomic E-state index is 0.0323. The topological polar surface area (TPSA) is 576 Å². The molecule has 16 heterocycles. The molecule has 0 spiro atoms. The van der Waals surface area contributed by atoms with E-state index in [1.165, 1.54) is 6.20 Å². The zero-order chi connectivity index (χ0) is 80.0. The van der Waals surface area contributed by atoms with E-state index in [4.69, 9.17) is 38.1 Å². The number of rotatable bonds is 20. The first-order valence-electron chi connectivity index (χ1n) is 34.6. The maximum atomic E-state index is 11.9. The summed E-state index contributed by atoms with van der Waals surface area (Å²) in [5, 5.41) is 82.5. The van der Waals surface area contributed by atoms with Crippen LogP contribution in [0.15, 0.2) is 71.8 Å². The van der Waals surface area contributed by atoms with Gasteiger partial charge < -0.3 is 53.7 Å². The van der Waals surface area contributed by atoms with E-state index in [1.54, 1.807) is 139 Å². The number of aliphatic hydroxyl groups is 1. The Morgan fingerprint density at radius 2 is 1.02 bits per heavy atom. The quantitative estimate of drug-likeness (QED) is 0.0518. The number of aliphatic hydroxyl groups excluding tert-OH is 1. The van der Waals surface area contributed by atoms with E-state index in [0.717, 1.165) is 49.8 Å². The number of nitrogens with one attached hydrogen (secondary N) is 2. The summed E-state index contributed by atoms with van der Waals surface area (Å²) in [5.74, 6) is -0.596. The number of hydrogen-bond donors (Lipinski definition) is 10. The summed E-state index contributed by atoms with van der Waals surface area (Å²) in [4.78, 5) is 84.2. The molecule has 0 atom stereocenters. The molecule has 0 saturated carbocycles. The Balaban J connectivity index is 0.000000131. The number of aromatic nitrogens is 28. The second kappa shape index (κ2) is 30.8. The van der Waals surface area contributed by atoms with E-state index in [1.807, 2.05) is 52.5 Å². The van der Waals surface area contributed by atoms with Crippen LogP contribution in [0.5, 0.6) is 11.5 Å². The molecule has 4 amide bonds. The molecule has 0 aliphatic rings. The van der Waals surface area contributed by atoms with Gasteiger partial charge in [0.25, 0.3) is 23.6 Å². The van der Waals surface area contributed by atoms with Crippen LogP contribution in [0.3, 0.4) is 0 Å². The number of aromatic hydroxyl groups is 2. The Morgan fingerprint density at radius 3 is 1.53 bits per heavy atom. The lowest BCUT2D eigenvalue weighted by atomic mass is 10.1. The first-order chi connectivity index (χ1) is 53.7. The monoisotopic (exact) mass is 1540 g/mol. The van der Waals surface area contributed by atoms with Gasteiger partial charge in [0.15, 0.2) is 34.7 Å². The van der Waals surface area contributed by atoms with Crippen molar-refractivity contribution in [1.29, 1.82) is 0 Å². The lowest BCUT2D eigenvalue weighted by Crippen LogP contribution is -2.14. The number of pyridine rings is 4. The maximum Gasteiger partial charge on any atom is 0.267 e. The van der Waals surface area contributed by atoms with Crippen LogP contribution in [0, 0.1) is 13.8 Å². The summed E-state index contributed by atoms with van der Waals surface area (Å²) in [7, 11) is 10.7. The van der Waals surface area contributed by atoms with Crippen molar-refractivity contribution < 1.29 is 38.9 Å². The summed E-state index contributed by atoms with van der Waals surface area (Å²) < 4.78 is 20.8. The lowest BCUT2D eigenvalue weighted by Gasteiger charge is -2.06. The van der Waals surface area contributed by atoms with E-state index in [2.05, 4.69) is 103 Å². The minimum Gasteiger partial charge on any atom is -0.504 e. The molecule has 0 bridgehead atoms. The van der Waals surface area contributed by atoms with Crippen LogP contribution in [0.2, 0.25) is 0 Å². The Hall–Kier alpha value is -14.2. The largest absolute Gasteiger partial charge is 0.504 e. The molecule has 42 nitrogen and oxygen atoms in total. The molecular weight excluding hydrogens is 1470 g/mol. The molecule has 16 aromatic heterocycles. The first-order valence-corrected chi connectivity index (χ1v) is 35.4. The molecule has 0 saturated heterocycles. The molecule has 16 aromatic rings. The predicted molar refractivity (Wildman–Crippen MR) is 407 cm³/mol. The number of thiazole rings is 1. The third kappa shape index (κ3) is 14.1. The van der Waals surface area contributed by atoms with Crippen molar-refractivity contribution >= 4 is 78.6 Å². The van der Waals surface area contributed by atoms with E-state index in [0.29, 0.717) is 134 Å².